The van der Waals surface area contributed by atoms with Crippen LogP contribution in [0.3, 0.4) is 0 Å². The summed E-state index contributed by atoms with van der Waals surface area (Å²) in [5.41, 5.74) is 3.31. The van der Waals surface area contributed by atoms with E-state index >= 15 is 0 Å². The summed E-state index contributed by atoms with van der Waals surface area (Å²) in [7, 11) is 0. The predicted octanol–water partition coefficient (Wildman–Crippen LogP) is 4.12. The quantitative estimate of drug-likeness (QED) is 0.143. The van der Waals surface area contributed by atoms with Crippen LogP contribution in [0.2, 0.25) is 0 Å². The minimum absolute atomic E-state index is 0.116. The van der Waals surface area contributed by atoms with Crippen molar-refractivity contribution < 1.29 is 23.9 Å². The van der Waals surface area contributed by atoms with Gasteiger partial charge in [-0.05, 0) is 66.2 Å². The van der Waals surface area contributed by atoms with Crippen molar-refractivity contribution in [1.82, 2.24) is 10.7 Å². The first-order valence-electron chi connectivity index (χ1n) is 11.9. The summed E-state index contributed by atoms with van der Waals surface area (Å²) < 4.78 is 5.29. The van der Waals surface area contributed by atoms with Crippen LogP contribution in [0.1, 0.15) is 57.7 Å². The van der Waals surface area contributed by atoms with Gasteiger partial charge in [0.25, 0.3) is 5.91 Å². The molecule has 3 N–H and O–H groups in total. The van der Waals surface area contributed by atoms with Gasteiger partial charge < -0.3 is 15.4 Å². The van der Waals surface area contributed by atoms with Crippen molar-refractivity contribution in [3.05, 3.63) is 82.0 Å². The molecule has 2 aromatic carbocycles. The lowest BCUT2D eigenvalue weighted by Gasteiger charge is -2.23. The molecule has 37 heavy (non-hydrogen) atoms. The van der Waals surface area contributed by atoms with Crippen LogP contribution in [0, 0.1) is 0 Å². The smallest absolute Gasteiger partial charge is 0.353 e. The van der Waals surface area contributed by atoms with E-state index < -0.39 is 17.8 Å². The van der Waals surface area contributed by atoms with E-state index in [0.29, 0.717) is 16.2 Å². The Morgan fingerprint density at radius 1 is 0.892 bits per heavy atom. The molecule has 0 aliphatic heterocycles. The number of esters is 1. The number of benzene rings is 2. The van der Waals surface area contributed by atoms with Crippen molar-refractivity contribution >= 4 is 46.9 Å². The third kappa shape index (κ3) is 7.34. The Balaban J connectivity index is 1.28. The monoisotopic (exact) mass is 518 g/mol. The number of anilines is 1. The zero-order valence-corrected chi connectivity index (χ0v) is 20.8. The highest BCUT2D eigenvalue weighted by Crippen LogP contribution is 2.20. The van der Waals surface area contributed by atoms with Crippen LogP contribution in [0.25, 0.3) is 0 Å². The summed E-state index contributed by atoms with van der Waals surface area (Å²) in [6.07, 6.45) is 6.55. The number of hydrazone groups is 1. The van der Waals surface area contributed by atoms with Gasteiger partial charge in [-0.15, -0.1) is 11.3 Å². The minimum Gasteiger partial charge on any atom is -0.422 e. The Kier molecular flexibility index (Phi) is 8.77. The molecule has 9 nitrogen and oxygen atoms in total. The second kappa shape index (κ2) is 12.6. The van der Waals surface area contributed by atoms with Crippen molar-refractivity contribution in [2.24, 2.45) is 5.10 Å². The molecule has 1 aromatic heterocycles. The molecule has 1 aliphatic rings. The lowest BCUT2D eigenvalue weighted by molar-refractivity contribution is -0.136. The van der Waals surface area contributed by atoms with Crippen LogP contribution in [-0.2, 0) is 9.59 Å². The molecule has 0 saturated heterocycles. The summed E-state index contributed by atoms with van der Waals surface area (Å²) in [6.45, 7) is 0. The molecule has 10 heteroatoms. The Bertz CT molecular complexity index is 1280. The zero-order valence-electron chi connectivity index (χ0n) is 19.9. The van der Waals surface area contributed by atoms with E-state index in [2.05, 4.69) is 21.2 Å². The second-order valence-electron chi connectivity index (χ2n) is 8.44. The Labute approximate surface area is 217 Å². The van der Waals surface area contributed by atoms with Gasteiger partial charge in [-0.2, -0.15) is 5.10 Å². The van der Waals surface area contributed by atoms with Gasteiger partial charge in [-0.25, -0.2) is 10.2 Å². The van der Waals surface area contributed by atoms with Crippen molar-refractivity contribution in [3.63, 3.8) is 0 Å². The number of para-hydroxylation sites is 1. The molecule has 0 unspecified atom stereocenters. The Hall–Kier alpha value is -4.31. The molecule has 1 saturated carbocycles. The Morgan fingerprint density at radius 3 is 2.38 bits per heavy atom. The Morgan fingerprint density at radius 2 is 1.65 bits per heavy atom. The van der Waals surface area contributed by atoms with E-state index in [1.165, 1.54) is 24.0 Å². The van der Waals surface area contributed by atoms with Crippen molar-refractivity contribution in [2.75, 3.05) is 5.32 Å². The number of nitrogens with one attached hydrogen (secondary N) is 3. The zero-order chi connectivity index (χ0) is 26.0. The highest BCUT2D eigenvalue weighted by atomic mass is 32.1. The van der Waals surface area contributed by atoms with E-state index in [4.69, 9.17) is 4.74 Å². The summed E-state index contributed by atoms with van der Waals surface area (Å²) in [5, 5.41) is 11.1. The number of hydrogen-bond acceptors (Lipinski definition) is 7. The number of thiophene rings is 1. The van der Waals surface area contributed by atoms with E-state index in [0.717, 1.165) is 25.7 Å². The summed E-state index contributed by atoms with van der Waals surface area (Å²) in [4.78, 5) is 49.9. The summed E-state index contributed by atoms with van der Waals surface area (Å²) >= 11 is 1.29. The SMILES string of the molecule is O=C(NN=Cc1ccc(OC(=O)c2cccs2)cc1)C(=O)Nc1ccccc1C(=O)NC1CCCCC1. The average molecular weight is 519 g/mol. The number of amides is 3. The molecule has 3 aromatic rings. The second-order valence-corrected chi connectivity index (χ2v) is 9.39. The van der Waals surface area contributed by atoms with Crippen LogP contribution in [-0.4, -0.2) is 35.9 Å². The molecule has 1 heterocycles. The minimum atomic E-state index is -0.986. The maximum absolute atomic E-state index is 12.7. The molecular formula is C27H26N4O5S. The fraction of sp³-hybridized carbons (Fsp3) is 0.222. The van der Waals surface area contributed by atoms with Crippen LogP contribution in [0.15, 0.2) is 71.1 Å². The molecule has 0 radical (unpaired) electrons. The van der Waals surface area contributed by atoms with E-state index in [1.54, 1.807) is 66.0 Å². The third-order valence-corrected chi connectivity index (χ3v) is 6.61. The normalized spacial score (nSPS) is 13.6. The number of carbonyl (C=O) groups is 4. The molecule has 1 fully saturated rings. The largest absolute Gasteiger partial charge is 0.422 e. The number of ether oxygens (including phenoxy) is 1. The highest BCUT2D eigenvalue weighted by Gasteiger charge is 2.21. The van der Waals surface area contributed by atoms with Crippen molar-refractivity contribution in [1.29, 1.82) is 0 Å². The first-order valence-corrected chi connectivity index (χ1v) is 12.8. The number of carbonyl (C=O) groups excluding carboxylic acids is 4. The van der Waals surface area contributed by atoms with Gasteiger partial charge >= 0.3 is 17.8 Å². The number of rotatable bonds is 7. The lowest BCUT2D eigenvalue weighted by Crippen LogP contribution is -2.37. The molecule has 0 atom stereocenters. The topological polar surface area (TPSA) is 126 Å². The maximum Gasteiger partial charge on any atom is 0.353 e. The fourth-order valence-electron chi connectivity index (χ4n) is 3.87. The molecule has 0 spiro atoms. The molecule has 190 valence electrons. The fourth-order valence-corrected chi connectivity index (χ4v) is 4.47. The predicted molar refractivity (Wildman–Crippen MR) is 141 cm³/mol. The van der Waals surface area contributed by atoms with Gasteiger partial charge in [0.05, 0.1) is 17.5 Å². The van der Waals surface area contributed by atoms with E-state index in [1.807, 2.05) is 0 Å². The third-order valence-electron chi connectivity index (χ3n) is 5.76. The summed E-state index contributed by atoms with van der Waals surface area (Å²) in [5.74, 6) is -2.30. The van der Waals surface area contributed by atoms with Gasteiger partial charge in [0.15, 0.2) is 0 Å². The molecule has 4 rings (SSSR count). The van der Waals surface area contributed by atoms with Gasteiger partial charge in [0.2, 0.25) is 0 Å². The number of hydrogen-bond donors (Lipinski definition) is 3. The molecular weight excluding hydrogens is 492 g/mol. The van der Waals surface area contributed by atoms with E-state index in [9.17, 15) is 19.2 Å². The molecule has 0 bridgehead atoms. The number of nitrogens with zero attached hydrogens (tertiary/aromatic N) is 1. The van der Waals surface area contributed by atoms with Gasteiger partial charge in [0.1, 0.15) is 10.6 Å². The summed E-state index contributed by atoms with van der Waals surface area (Å²) in [6, 6.07) is 16.6. The molecule has 3 amide bonds. The first kappa shape index (κ1) is 25.8. The van der Waals surface area contributed by atoms with Crippen LogP contribution < -0.4 is 20.8 Å². The standard InChI is InChI=1S/C27H26N4O5S/c32-24(29-19-7-2-1-3-8-19)21-9-4-5-10-22(21)30-25(33)26(34)31-28-17-18-12-14-20(15-13-18)36-27(35)23-11-6-16-37-23/h4-6,9-17,19H,1-3,7-8H2,(H,29,32)(H,30,33)(H,31,34). The van der Waals surface area contributed by atoms with Gasteiger partial charge in [-0.1, -0.05) is 37.5 Å². The van der Waals surface area contributed by atoms with Crippen LogP contribution in [0.5, 0.6) is 5.75 Å². The van der Waals surface area contributed by atoms with E-state index in [-0.39, 0.29) is 23.2 Å². The highest BCUT2D eigenvalue weighted by molar-refractivity contribution is 7.12. The molecule has 1 aliphatic carbocycles. The average Bonchev–Trinajstić information content (AvgIpc) is 3.46. The van der Waals surface area contributed by atoms with Gasteiger partial charge in [-0.3, -0.25) is 14.4 Å². The van der Waals surface area contributed by atoms with Crippen LogP contribution in [0.4, 0.5) is 5.69 Å². The van der Waals surface area contributed by atoms with Crippen molar-refractivity contribution in [3.8, 4) is 5.75 Å². The van der Waals surface area contributed by atoms with Crippen molar-refractivity contribution in [2.45, 2.75) is 38.1 Å². The van der Waals surface area contributed by atoms with Gasteiger partial charge in [0, 0.05) is 6.04 Å². The van der Waals surface area contributed by atoms with Crippen LogP contribution >= 0.6 is 11.3 Å². The lowest BCUT2D eigenvalue weighted by atomic mass is 9.95. The maximum atomic E-state index is 12.7. The first-order chi connectivity index (χ1) is 18.0.